The van der Waals surface area contributed by atoms with Gasteiger partial charge in [0.05, 0.1) is 16.0 Å². The first-order valence-corrected chi connectivity index (χ1v) is 8.78. The lowest BCUT2D eigenvalue weighted by Crippen LogP contribution is -2.22. The van der Waals surface area contributed by atoms with E-state index in [0.29, 0.717) is 0 Å². The van der Waals surface area contributed by atoms with Crippen molar-refractivity contribution in [3.63, 3.8) is 0 Å². The molecule has 0 aromatic carbocycles. The van der Waals surface area contributed by atoms with E-state index in [4.69, 9.17) is 0 Å². The Morgan fingerprint density at radius 3 is 2.80 bits per heavy atom. The lowest BCUT2D eigenvalue weighted by molar-refractivity contribution is 0.592. The molecule has 2 aromatic rings. The molecule has 5 heteroatoms. The van der Waals surface area contributed by atoms with Crippen molar-refractivity contribution in [2.24, 2.45) is 0 Å². The van der Waals surface area contributed by atoms with E-state index >= 15 is 0 Å². The summed E-state index contributed by atoms with van der Waals surface area (Å²) in [7, 11) is 0. The van der Waals surface area contributed by atoms with E-state index in [1.54, 1.807) is 0 Å². The van der Waals surface area contributed by atoms with Gasteiger partial charge < -0.3 is 5.32 Å². The zero-order valence-corrected chi connectivity index (χ0v) is 14.7. The molecule has 0 spiro atoms. The highest BCUT2D eigenvalue weighted by molar-refractivity contribution is 9.11. The third-order valence-corrected chi connectivity index (χ3v) is 5.40. The molecular formula is C15H22BrN3S. The van der Waals surface area contributed by atoms with Crippen molar-refractivity contribution < 1.29 is 0 Å². The highest BCUT2D eigenvalue weighted by Gasteiger charge is 2.18. The van der Waals surface area contributed by atoms with Crippen LogP contribution in [0.3, 0.4) is 0 Å². The van der Waals surface area contributed by atoms with Crippen LogP contribution in [0.4, 0.5) is 0 Å². The van der Waals surface area contributed by atoms with E-state index < -0.39 is 0 Å². The zero-order chi connectivity index (χ0) is 14.5. The standard InChI is InChI=1S/C15H22BrN3S/c1-4-6-17-14(13-8-11(3)15(16)20-13)12-9-18-19(10-12)7-5-2/h8-10,14,17H,4-7H2,1-3H3. The van der Waals surface area contributed by atoms with Crippen LogP contribution in [0, 0.1) is 6.92 Å². The van der Waals surface area contributed by atoms with E-state index in [9.17, 15) is 0 Å². The molecule has 0 aliphatic rings. The predicted molar refractivity (Wildman–Crippen MR) is 89.4 cm³/mol. The quantitative estimate of drug-likeness (QED) is 0.791. The van der Waals surface area contributed by atoms with Gasteiger partial charge in [-0.05, 0) is 53.9 Å². The summed E-state index contributed by atoms with van der Waals surface area (Å²) in [4.78, 5) is 1.35. The molecule has 110 valence electrons. The molecule has 0 amide bonds. The number of nitrogens with one attached hydrogen (secondary N) is 1. The van der Waals surface area contributed by atoms with E-state index in [2.05, 4.69) is 59.4 Å². The van der Waals surface area contributed by atoms with Crippen LogP contribution in [0.2, 0.25) is 0 Å². The number of thiophene rings is 1. The number of aryl methyl sites for hydroxylation is 2. The topological polar surface area (TPSA) is 29.9 Å². The third-order valence-electron chi connectivity index (χ3n) is 3.20. The van der Waals surface area contributed by atoms with Crippen molar-refractivity contribution in [1.29, 1.82) is 0 Å². The molecule has 3 nitrogen and oxygen atoms in total. The summed E-state index contributed by atoms with van der Waals surface area (Å²) in [5.41, 5.74) is 2.55. The van der Waals surface area contributed by atoms with Gasteiger partial charge in [0, 0.05) is 23.2 Å². The van der Waals surface area contributed by atoms with Gasteiger partial charge in [0.15, 0.2) is 0 Å². The van der Waals surface area contributed by atoms with Gasteiger partial charge in [0.25, 0.3) is 0 Å². The molecule has 0 aliphatic heterocycles. The van der Waals surface area contributed by atoms with Crippen LogP contribution in [0.25, 0.3) is 0 Å². The highest BCUT2D eigenvalue weighted by atomic mass is 79.9. The second kappa shape index (κ2) is 7.38. The lowest BCUT2D eigenvalue weighted by atomic mass is 10.1. The molecule has 1 unspecified atom stereocenters. The molecule has 0 saturated heterocycles. The Kier molecular flexibility index (Phi) is 5.81. The monoisotopic (exact) mass is 355 g/mol. The fourth-order valence-electron chi connectivity index (χ4n) is 2.18. The van der Waals surface area contributed by atoms with Gasteiger partial charge >= 0.3 is 0 Å². The van der Waals surface area contributed by atoms with Crippen LogP contribution in [0.1, 0.15) is 48.7 Å². The van der Waals surface area contributed by atoms with Crippen molar-refractivity contribution in [2.75, 3.05) is 6.54 Å². The maximum atomic E-state index is 4.46. The Hall–Kier alpha value is -0.650. The Morgan fingerprint density at radius 1 is 1.40 bits per heavy atom. The van der Waals surface area contributed by atoms with Crippen molar-refractivity contribution in [2.45, 2.75) is 46.2 Å². The Bertz CT molecular complexity index is 528. The molecule has 2 heterocycles. The minimum absolute atomic E-state index is 0.246. The summed E-state index contributed by atoms with van der Waals surface area (Å²) >= 11 is 5.43. The highest BCUT2D eigenvalue weighted by Crippen LogP contribution is 2.34. The maximum absolute atomic E-state index is 4.46. The van der Waals surface area contributed by atoms with E-state index in [0.717, 1.165) is 25.9 Å². The number of aromatic nitrogens is 2. The van der Waals surface area contributed by atoms with Gasteiger partial charge in [-0.3, -0.25) is 4.68 Å². The van der Waals surface area contributed by atoms with E-state index in [-0.39, 0.29) is 6.04 Å². The molecule has 1 atom stereocenters. The molecule has 0 aliphatic carbocycles. The van der Waals surface area contributed by atoms with Crippen molar-refractivity contribution in [1.82, 2.24) is 15.1 Å². The molecule has 0 fully saturated rings. The largest absolute Gasteiger partial charge is 0.306 e. The predicted octanol–water partition coefficient (Wildman–Crippen LogP) is 4.51. The number of rotatable bonds is 7. The van der Waals surface area contributed by atoms with Gasteiger partial charge in [-0.25, -0.2) is 0 Å². The average molecular weight is 356 g/mol. The van der Waals surface area contributed by atoms with Gasteiger partial charge in [-0.2, -0.15) is 5.10 Å². The van der Waals surface area contributed by atoms with Gasteiger partial charge in [-0.15, -0.1) is 11.3 Å². The summed E-state index contributed by atoms with van der Waals surface area (Å²) in [6.07, 6.45) is 6.40. The number of nitrogens with zero attached hydrogens (tertiary/aromatic N) is 2. The molecule has 0 saturated carbocycles. The smallest absolute Gasteiger partial charge is 0.0731 e. The second-order valence-corrected chi connectivity index (χ2v) is 7.43. The summed E-state index contributed by atoms with van der Waals surface area (Å²) in [5, 5.41) is 8.09. The summed E-state index contributed by atoms with van der Waals surface area (Å²) < 4.78 is 3.25. The van der Waals surface area contributed by atoms with Gasteiger partial charge in [0.1, 0.15) is 0 Å². The minimum Gasteiger partial charge on any atom is -0.306 e. The van der Waals surface area contributed by atoms with Crippen LogP contribution in [-0.4, -0.2) is 16.3 Å². The number of hydrogen-bond acceptors (Lipinski definition) is 3. The fraction of sp³-hybridized carbons (Fsp3) is 0.533. The summed E-state index contributed by atoms with van der Waals surface area (Å²) in [6, 6.07) is 2.51. The minimum atomic E-state index is 0.246. The molecule has 0 bridgehead atoms. The van der Waals surface area contributed by atoms with Gasteiger partial charge in [0.2, 0.25) is 0 Å². The van der Waals surface area contributed by atoms with Gasteiger partial charge in [-0.1, -0.05) is 13.8 Å². The Labute approximate surface area is 133 Å². The Morgan fingerprint density at radius 2 is 2.20 bits per heavy atom. The van der Waals surface area contributed by atoms with Crippen LogP contribution >= 0.6 is 27.3 Å². The third kappa shape index (κ3) is 3.71. The Balaban J connectivity index is 2.25. The van der Waals surface area contributed by atoms with Crippen LogP contribution in [0.5, 0.6) is 0 Å². The summed E-state index contributed by atoms with van der Waals surface area (Å²) in [6.45, 7) is 8.50. The lowest BCUT2D eigenvalue weighted by Gasteiger charge is -2.15. The molecule has 20 heavy (non-hydrogen) atoms. The first-order valence-electron chi connectivity index (χ1n) is 7.17. The molecule has 2 aromatic heterocycles. The molecule has 2 rings (SSSR count). The summed E-state index contributed by atoms with van der Waals surface area (Å²) in [5.74, 6) is 0. The van der Waals surface area contributed by atoms with Crippen molar-refractivity contribution in [3.05, 3.63) is 38.3 Å². The van der Waals surface area contributed by atoms with Crippen molar-refractivity contribution in [3.8, 4) is 0 Å². The van der Waals surface area contributed by atoms with E-state index in [1.807, 2.05) is 22.2 Å². The first-order chi connectivity index (χ1) is 9.65. The number of hydrogen-bond donors (Lipinski definition) is 1. The molecule has 0 radical (unpaired) electrons. The number of halogens is 1. The second-order valence-electron chi connectivity index (χ2n) is 5.03. The first kappa shape index (κ1) is 15.7. The normalized spacial score (nSPS) is 12.8. The SMILES string of the molecule is CCCNC(c1cnn(CCC)c1)c1cc(C)c(Br)s1. The van der Waals surface area contributed by atoms with Crippen LogP contribution < -0.4 is 5.32 Å². The van der Waals surface area contributed by atoms with Crippen LogP contribution in [0.15, 0.2) is 22.2 Å². The fourth-order valence-corrected chi connectivity index (χ4v) is 3.85. The average Bonchev–Trinajstić information content (AvgIpc) is 2.99. The van der Waals surface area contributed by atoms with Crippen LogP contribution in [-0.2, 0) is 6.54 Å². The molecule has 1 N–H and O–H groups in total. The maximum Gasteiger partial charge on any atom is 0.0731 e. The van der Waals surface area contributed by atoms with Crippen molar-refractivity contribution >= 4 is 27.3 Å². The zero-order valence-electron chi connectivity index (χ0n) is 12.3. The molecular weight excluding hydrogens is 334 g/mol. The van der Waals surface area contributed by atoms with E-state index in [1.165, 1.54) is 19.8 Å².